The minimum Gasteiger partial charge on any atom is -0.390 e. The van der Waals surface area contributed by atoms with E-state index in [9.17, 15) is 5.11 Å². The average Bonchev–Trinajstić information content (AvgIpc) is 2.96. The van der Waals surface area contributed by atoms with E-state index < -0.39 is 0 Å². The highest BCUT2D eigenvalue weighted by molar-refractivity contribution is 7.12. The van der Waals surface area contributed by atoms with Crippen LogP contribution in [0.5, 0.6) is 0 Å². The van der Waals surface area contributed by atoms with Crippen LogP contribution in [0.2, 0.25) is 0 Å². The molecule has 0 amide bonds. The van der Waals surface area contributed by atoms with Gasteiger partial charge in [0.1, 0.15) is 6.61 Å². The normalized spacial score (nSPS) is 38.0. The highest BCUT2D eigenvalue weighted by Gasteiger charge is 2.58. The predicted octanol–water partition coefficient (Wildman–Crippen LogP) is 2.90. The van der Waals surface area contributed by atoms with E-state index in [4.69, 9.17) is 5.11 Å². The molecule has 1 aromatic heterocycles. The van der Waals surface area contributed by atoms with Crippen molar-refractivity contribution in [3.05, 3.63) is 21.9 Å². The van der Waals surface area contributed by atoms with Crippen molar-refractivity contribution in [2.75, 3.05) is 6.61 Å². The Kier molecular flexibility index (Phi) is 4.25. The van der Waals surface area contributed by atoms with E-state index in [0.717, 1.165) is 42.5 Å². The zero-order valence-electron chi connectivity index (χ0n) is 14.3. The number of hydrogen-bond donors (Lipinski definition) is 3. The summed E-state index contributed by atoms with van der Waals surface area (Å²) >= 11 is 1.69. The second-order valence-corrected chi connectivity index (χ2v) is 9.54. The van der Waals surface area contributed by atoms with Gasteiger partial charge in [-0.3, -0.25) is 0 Å². The molecule has 4 heteroatoms. The van der Waals surface area contributed by atoms with Crippen LogP contribution in [0.15, 0.2) is 12.1 Å². The molecule has 1 heterocycles. The number of hydrogen-bond acceptors (Lipinski definition) is 4. The van der Waals surface area contributed by atoms with E-state index in [1.165, 1.54) is 24.1 Å². The van der Waals surface area contributed by atoms with E-state index >= 15 is 0 Å². The highest BCUT2D eigenvalue weighted by Crippen LogP contribution is 2.62. The van der Waals surface area contributed by atoms with E-state index in [0.29, 0.717) is 6.04 Å². The number of aliphatic hydroxyl groups is 2. The van der Waals surface area contributed by atoms with Crippen LogP contribution in [0, 0.1) is 29.1 Å². The molecule has 24 heavy (non-hydrogen) atoms. The first-order valence-electron chi connectivity index (χ1n) is 9.14. The largest absolute Gasteiger partial charge is 0.390 e. The van der Waals surface area contributed by atoms with E-state index in [1.807, 2.05) is 6.07 Å². The van der Waals surface area contributed by atoms with Crippen LogP contribution >= 0.6 is 11.3 Å². The summed E-state index contributed by atoms with van der Waals surface area (Å²) in [6.07, 6.45) is 6.98. The van der Waals surface area contributed by atoms with Crippen LogP contribution in [-0.2, 0) is 6.54 Å². The van der Waals surface area contributed by atoms with Gasteiger partial charge in [0.05, 0.1) is 10.5 Å². The molecule has 4 aliphatic carbocycles. The summed E-state index contributed by atoms with van der Waals surface area (Å²) in [5, 5.41) is 23.5. The first kappa shape index (κ1) is 16.6. The van der Waals surface area contributed by atoms with Crippen LogP contribution in [-0.4, -0.2) is 28.5 Å². The fourth-order valence-electron chi connectivity index (χ4n) is 5.93. The Bertz CT molecular complexity index is 657. The monoisotopic (exact) mass is 345 g/mol. The van der Waals surface area contributed by atoms with Crippen LogP contribution < -0.4 is 5.32 Å². The Labute approximate surface area is 148 Å². The first-order chi connectivity index (χ1) is 11.5. The van der Waals surface area contributed by atoms with Gasteiger partial charge in [0.25, 0.3) is 0 Å². The first-order valence-corrected chi connectivity index (χ1v) is 9.96. The Morgan fingerprint density at radius 3 is 2.71 bits per heavy atom. The molecule has 0 aliphatic heterocycles. The summed E-state index contributed by atoms with van der Waals surface area (Å²) in [5.41, 5.74) is -0.0916. The quantitative estimate of drug-likeness (QED) is 0.736. The Hall–Kier alpha value is -0.860. The predicted molar refractivity (Wildman–Crippen MR) is 96.6 cm³/mol. The summed E-state index contributed by atoms with van der Waals surface area (Å²) in [5.74, 6) is 7.15. The SMILES string of the molecule is CC(NCc1ccc(C#CCO)s1)C12CC3CC(CC(O)(C3)C1)C2. The molecule has 1 aromatic rings. The van der Waals surface area contributed by atoms with Crippen molar-refractivity contribution in [1.82, 2.24) is 5.32 Å². The number of thiophene rings is 1. The molecule has 3 N–H and O–H groups in total. The molecular weight excluding hydrogens is 318 g/mol. The minimum absolute atomic E-state index is 0.0870. The standard InChI is InChI=1S/C20H27NO2S/c1-14(21-12-18-5-4-17(24-18)3-2-6-22)19-8-15-7-16(9-19)11-20(23,10-15)13-19/h4-5,14-16,21-23H,6-13H2,1H3. The minimum atomic E-state index is -0.379. The summed E-state index contributed by atoms with van der Waals surface area (Å²) in [7, 11) is 0. The van der Waals surface area contributed by atoms with Gasteiger partial charge in [0.2, 0.25) is 0 Å². The maximum Gasteiger partial charge on any atom is 0.104 e. The fourth-order valence-corrected chi connectivity index (χ4v) is 6.76. The van der Waals surface area contributed by atoms with Crippen molar-refractivity contribution >= 4 is 11.3 Å². The molecule has 4 bridgehead atoms. The summed E-state index contributed by atoms with van der Waals surface area (Å²) in [6.45, 7) is 3.09. The second-order valence-electron chi connectivity index (χ2n) is 8.38. The average molecular weight is 346 g/mol. The third-order valence-corrected chi connectivity index (χ3v) is 7.53. The van der Waals surface area contributed by atoms with Crippen molar-refractivity contribution in [3.8, 4) is 11.8 Å². The van der Waals surface area contributed by atoms with Crippen LogP contribution in [0.25, 0.3) is 0 Å². The molecule has 4 saturated carbocycles. The number of rotatable bonds is 4. The van der Waals surface area contributed by atoms with Crippen molar-refractivity contribution < 1.29 is 10.2 Å². The number of aliphatic hydroxyl groups excluding tert-OH is 1. The fraction of sp³-hybridized carbons (Fsp3) is 0.700. The maximum absolute atomic E-state index is 10.9. The molecule has 4 fully saturated rings. The van der Waals surface area contributed by atoms with Crippen molar-refractivity contribution in [1.29, 1.82) is 0 Å². The van der Waals surface area contributed by atoms with Crippen molar-refractivity contribution in [2.45, 2.75) is 63.6 Å². The molecule has 0 spiro atoms. The molecule has 3 unspecified atom stereocenters. The van der Waals surface area contributed by atoms with Crippen molar-refractivity contribution in [2.24, 2.45) is 17.3 Å². The van der Waals surface area contributed by atoms with E-state index in [2.05, 4.69) is 30.1 Å². The summed E-state index contributed by atoms with van der Waals surface area (Å²) in [4.78, 5) is 2.30. The smallest absolute Gasteiger partial charge is 0.104 e. The molecule has 3 nitrogen and oxygen atoms in total. The second kappa shape index (κ2) is 6.14. The van der Waals surface area contributed by atoms with Gasteiger partial charge < -0.3 is 15.5 Å². The van der Waals surface area contributed by atoms with Gasteiger partial charge in [-0.1, -0.05) is 11.8 Å². The van der Waals surface area contributed by atoms with Gasteiger partial charge in [0, 0.05) is 17.5 Å². The molecule has 5 rings (SSSR count). The number of nitrogens with one attached hydrogen (secondary N) is 1. The van der Waals surface area contributed by atoms with Crippen molar-refractivity contribution in [3.63, 3.8) is 0 Å². The van der Waals surface area contributed by atoms with Gasteiger partial charge >= 0.3 is 0 Å². The van der Waals surface area contributed by atoms with Crippen LogP contribution in [0.4, 0.5) is 0 Å². The van der Waals surface area contributed by atoms with Crippen LogP contribution in [0.1, 0.15) is 55.2 Å². The van der Waals surface area contributed by atoms with E-state index in [-0.39, 0.29) is 17.6 Å². The van der Waals surface area contributed by atoms with Gasteiger partial charge in [-0.15, -0.1) is 11.3 Å². The Morgan fingerprint density at radius 2 is 2.04 bits per heavy atom. The third-order valence-electron chi connectivity index (χ3n) is 6.53. The lowest BCUT2D eigenvalue weighted by Gasteiger charge is -2.62. The summed E-state index contributed by atoms with van der Waals surface area (Å²) < 4.78 is 0. The molecule has 4 aliphatic rings. The Balaban J connectivity index is 1.41. The topological polar surface area (TPSA) is 52.5 Å². The summed E-state index contributed by atoms with van der Waals surface area (Å²) in [6, 6.07) is 4.59. The van der Waals surface area contributed by atoms with Crippen LogP contribution in [0.3, 0.4) is 0 Å². The third kappa shape index (κ3) is 3.04. The lowest BCUT2D eigenvalue weighted by atomic mass is 9.46. The molecule has 0 saturated heterocycles. The van der Waals surface area contributed by atoms with Gasteiger partial charge in [0.15, 0.2) is 0 Å². The van der Waals surface area contributed by atoms with Gasteiger partial charge in [-0.25, -0.2) is 0 Å². The zero-order valence-corrected chi connectivity index (χ0v) is 15.2. The lowest BCUT2D eigenvalue weighted by Crippen LogP contribution is -2.61. The molecule has 0 aromatic carbocycles. The molecular formula is C20H27NO2S. The molecule has 3 atom stereocenters. The van der Waals surface area contributed by atoms with E-state index in [1.54, 1.807) is 11.3 Å². The van der Waals surface area contributed by atoms with Gasteiger partial charge in [-0.05, 0) is 74.8 Å². The molecule has 130 valence electrons. The highest BCUT2D eigenvalue weighted by atomic mass is 32.1. The Morgan fingerprint density at radius 1 is 1.29 bits per heavy atom. The molecule has 0 radical (unpaired) electrons. The maximum atomic E-state index is 10.9. The lowest BCUT2D eigenvalue weighted by molar-refractivity contribution is -0.172. The van der Waals surface area contributed by atoms with Gasteiger partial charge in [-0.2, -0.15) is 0 Å². The zero-order chi connectivity index (χ0) is 16.8.